The predicted octanol–water partition coefficient (Wildman–Crippen LogP) is 2.65. The van der Waals surface area contributed by atoms with Crippen molar-refractivity contribution in [3.8, 4) is 0 Å². The number of halogens is 3. The molecule has 1 aromatic carbocycles. The van der Waals surface area contributed by atoms with Crippen LogP contribution in [0.25, 0.3) is 10.9 Å². The van der Waals surface area contributed by atoms with Gasteiger partial charge < -0.3 is 20.3 Å². The molecule has 198 valence electrons. The van der Waals surface area contributed by atoms with Gasteiger partial charge in [0.15, 0.2) is 0 Å². The first-order chi connectivity index (χ1) is 17.5. The first-order valence-electron chi connectivity index (χ1n) is 11.8. The van der Waals surface area contributed by atoms with Crippen LogP contribution in [0.3, 0.4) is 0 Å². The Balaban J connectivity index is 1.25. The highest BCUT2D eigenvalue weighted by Gasteiger charge is 2.32. The van der Waals surface area contributed by atoms with Gasteiger partial charge >= 0.3 is 6.18 Å². The molecular formula is C24H28F3N7O3. The number of likely N-dealkylation sites (N-methyl/N-ethyl adjacent to an activating group) is 1. The molecule has 0 spiro atoms. The smallest absolute Gasteiger partial charge is 0.369 e. The van der Waals surface area contributed by atoms with Crippen LogP contribution in [-0.2, 0) is 15.7 Å². The molecule has 3 aromatic rings. The standard InChI is InChI=1S/C24H28F3N7O3/c1-15(34-20-9-16(22(28)36)3-4-17(20)10-31-34)13-37-14-21(35)32(2)19-5-7-33(8-6-19)23-29-11-18(12-30-23)24(25,26)27/h3-4,9-12,15,19H,5-8,13-14H2,1-2H3,(H2,28,36). The van der Waals surface area contributed by atoms with Gasteiger partial charge in [-0.15, -0.1) is 0 Å². The molecule has 1 unspecified atom stereocenters. The lowest BCUT2D eigenvalue weighted by Crippen LogP contribution is -2.47. The highest BCUT2D eigenvalue weighted by atomic mass is 19.4. The van der Waals surface area contributed by atoms with Gasteiger partial charge in [-0.2, -0.15) is 18.3 Å². The van der Waals surface area contributed by atoms with Gasteiger partial charge in [-0.25, -0.2) is 9.97 Å². The summed E-state index contributed by atoms with van der Waals surface area (Å²) in [4.78, 5) is 35.4. The van der Waals surface area contributed by atoms with Crippen LogP contribution < -0.4 is 10.6 Å². The summed E-state index contributed by atoms with van der Waals surface area (Å²) in [5.41, 5.74) is 5.63. The molecule has 37 heavy (non-hydrogen) atoms. The van der Waals surface area contributed by atoms with E-state index in [9.17, 15) is 22.8 Å². The number of piperidine rings is 1. The van der Waals surface area contributed by atoms with E-state index in [0.29, 0.717) is 31.5 Å². The number of primary amides is 1. The molecule has 13 heteroatoms. The molecule has 4 rings (SSSR count). The summed E-state index contributed by atoms with van der Waals surface area (Å²) in [6, 6.07) is 4.89. The van der Waals surface area contributed by atoms with Crippen molar-refractivity contribution in [3.05, 3.63) is 47.9 Å². The van der Waals surface area contributed by atoms with E-state index in [-0.39, 0.29) is 37.2 Å². The van der Waals surface area contributed by atoms with Crippen molar-refractivity contribution in [2.75, 3.05) is 38.3 Å². The molecule has 0 bridgehead atoms. The second kappa shape index (κ2) is 10.7. The van der Waals surface area contributed by atoms with Crippen LogP contribution in [0, 0.1) is 0 Å². The zero-order valence-electron chi connectivity index (χ0n) is 20.5. The van der Waals surface area contributed by atoms with Gasteiger partial charge in [-0.1, -0.05) is 6.07 Å². The molecule has 1 aliphatic heterocycles. The largest absolute Gasteiger partial charge is 0.419 e. The second-order valence-electron chi connectivity index (χ2n) is 9.08. The predicted molar refractivity (Wildman–Crippen MR) is 129 cm³/mol. The number of anilines is 1. The van der Waals surface area contributed by atoms with Crippen LogP contribution in [0.4, 0.5) is 19.1 Å². The fraction of sp³-hybridized carbons (Fsp3) is 0.458. The fourth-order valence-corrected chi connectivity index (χ4v) is 4.32. The molecule has 1 atom stereocenters. The fourth-order valence-electron chi connectivity index (χ4n) is 4.32. The number of benzene rings is 1. The van der Waals surface area contributed by atoms with Crippen molar-refractivity contribution in [1.82, 2.24) is 24.6 Å². The molecule has 1 fully saturated rings. The first kappa shape index (κ1) is 26.3. The summed E-state index contributed by atoms with van der Waals surface area (Å²) >= 11 is 0. The maximum absolute atomic E-state index is 12.7. The van der Waals surface area contributed by atoms with Gasteiger partial charge in [0, 0.05) is 49.5 Å². The third kappa shape index (κ3) is 5.98. The average Bonchev–Trinajstić information content (AvgIpc) is 3.31. The van der Waals surface area contributed by atoms with E-state index in [1.807, 2.05) is 11.8 Å². The third-order valence-electron chi connectivity index (χ3n) is 6.54. The van der Waals surface area contributed by atoms with Crippen LogP contribution in [-0.4, -0.2) is 75.9 Å². The van der Waals surface area contributed by atoms with E-state index in [1.165, 1.54) is 0 Å². The van der Waals surface area contributed by atoms with Gasteiger partial charge in [0.25, 0.3) is 0 Å². The second-order valence-corrected chi connectivity index (χ2v) is 9.08. The molecule has 10 nitrogen and oxygen atoms in total. The Bertz CT molecular complexity index is 1250. The van der Waals surface area contributed by atoms with Gasteiger partial charge in [-0.3, -0.25) is 14.3 Å². The minimum atomic E-state index is -4.48. The Labute approximate surface area is 211 Å². The molecule has 2 N–H and O–H groups in total. The number of carbonyl (C=O) groups is 2. The summed E-state index contributed by atoms with van der Waals surface area (Å²) in [5, 5.41) is 5.23. The molecule has 2 amide bonds. The molecule has 3 heterocycles. The van der Waals surface area contributed by atoms with Gasteiger partial charge in [0.1, 0.15) is 6.61 Å². The number of hydrogen-bond acceptors (Lipinski definition) is 7. The molecule has 1 saturated heterocycles. The summed E-state index contributed by atoms with van der Waals surface area (Å²) in [7, 11) is 1.72. The average molecular weight is 520 g/mol. The summed E-state index contributed by atoms with van der Waals surface area (Å²) in [5.74, 6) is -0.450. The van der Waals surface area contributed by atoms with E-state index in [4.69, 9.17) is 10.5 Å². The van der Waals surface area contributed by atoms with Crippen LogP contribution in [0.1, 0.15) is 41.7 Å². The maximum Gasteiger partial charge on any atom is 0.419 e. The van der Waals surface area contributed by atoms with Crippen LogP contribution in [0.2, 0.25) is 0 Å². The quantitative estimate of drug-likeness (QED) is 0.486. The van der Waals surface area contributed by atoms with Crippen molar-refractivity contribution in [2.45, 2.75) is 38.0 Å². The van der Waals surface area contributed by atoms with Crippen LogP contribution in [0.5, 0.6) is 0 Å². The normalized spacial score (nSPS) is 15.6. The van der Waals surface area contributed by atoms with Crippen molar-refractivity contribution in [2.24, 2.45) is 5.73 Å². The van der Waals surface area contributed by atoms with Crippen LogP contribution in [0.15, 0.2) is 36.8 Å². The van der Waals surface area contributed by atoms with Crippen molar-refractivity contribution in [1.29, 1.82) is 0 Å². The van der Waals surface area contributed by atoms with E-state index >= 15 is 0 Å². The molecule has 1 aliphatic rings. The van der Waals surface area contributed by atoms with Crippen molar-refractivity contribution in [3.63, 3.8) is 0 Å². The maximum atomic E-state index is 12.7. The van der Waals surface area contributed by atoms with E-state index in [2.05, 4.69) is 15.1 Å². The number of hydrogen-bond donors (Lipinski definition) is 1. The number of amides is 2. The van der Waals surface area contributed by atoms with Crippen molar-refractivity contribution < 1.29 is 27.5 Å². The zero-order valence-corrected chi connectivity index (χ0v) is 20.5. The molecule has 0 aliphatic carbocycles. The number of alkyl halides is 3. The minimum Gasteiger partial charge on any atom is -0.369 e. The van der Waals surface area contributed by atoms with Crippen molar-refractivity contribution >= 4 is 28.7 Å². The SMILES string of the molecule is CC(COCC(=O)N(C)C1CCN(c2ncc(C(F)(F)F)cn2)CC1)n1ncc2ccc(C(N)=O)cc21. The summed E-state index contributed by atoms with van der Waals surface area (Å²) < 4.78 is 45.6. The molecule has 0 radical (unpaired) electrons. The molecular weight excluding hydrogens is 491 g/mol. The Kier molecular flexibility index (Phi) is 7.62. The number of carbonyl (C=O) groups excluding carboxylic acids is 2. The van der Waals surface area contributed by atoms with E-state index in [0.717, 1.165) is 23.3 Å². The lowest BCUT2D eigenvalue weighted by Gasteiger charge is -2.36. The lowest BCUT2D eigenvalue weighted by molar-refractivity contribution is -0.138. The molecule has 2 aromatic heterocycles. The van der Waals surface area contributed by atoms with Gasteiger partial charge in [0.05, 0.1) is 29.9 Å². The number of aromatic nitrogens is 4. The summed E-state index contributed by atoms with van der Waals surface area (Å²) in [6.07, 6.45) is 0.0396. The summed E-state index contributed by atoms with van der Waals surface area (Å²) in [6.45, 7) is 3.07. The Morgan fingerprint density at radius 1 is 1.19 bits per heavy atom. The number of fused-ring (bicyclic) bond motifs is 1. The first-order valence-corrected chi connectivity index (χ1v) is 11.8. The van der Waals surface area contributed by atoms with Gasteiger partial charge in [-0.05, 0) is 31.9 Å². The number of nitrogens with two attached hydrogens (primary N) is 1. The Hall–Kier alpha value is -3.74. The number of rotatable bonds is 8. The zero-order chi connectivity index (χ0) is 26.7. The highest BCUT2D eigenvalue weighted by molar-refractivity contribution is 5.96. The lowest BCUT2D eigenvalue weighted by atomic mass is 10.0. The van der Waals surface area contributed by atoms with E-state index in [1.54, 1.807) is 41.0 Å². The van der Waals surface area contributed by atoms with Gasteiger partial charge in [0.2, 0.25) is 17.8 Å². The Morgan fingerprint density at radius 2 is 1.86 bits per heavy atom. The Morgan fingerprint density at radius 3 is 2.49 bits per heavy atom. The monoisotopic (exact) mass is 519 g/mol. The molecule has 0 saturated carbocycles. The van der Waals surface area contributed by atoms with Crippen LogP contribution >= 0.6 is 0 Å². The highest BCUT2D eigenvalue weighted by Crippen LogP contribution is 2.29. The number of nitrogens with zero attached hydrogens (tertiary/aromatic N) is 6. The van der Waals surface area contributed by atoms with E-state index < -0.39 is 17.6 Å². The minimum absolute atomic E-state index is 0.0264. The third-order valence-corrected chi connectivity index (χ3v) is 6.54. The number of ether oxygens (including phenoxy) is 1. The topological polar surface area (TPSA) is 119 Å².